The van der Waals surface area contributed by atoms with Crippen LogP contribution in [0.5, 0.6) is 0 Å². The zero-order valence-corrected chi connectivity index (χ0v) is 19.0. The zero-order chi connectivity index (χ0) is 21.8. The van der Waals surface area contributed by atoms with Crippen LogP contribution in [-0.4, -0.2) is 21.5 Å². The number of nitrogens with one attached hydrogen (secondary N) is 2. The molecule has 0 unspecified atom stereocenters. The molecule has 0 fully saturated rings. The Morgan fingerprint density at radius 1 is 0.903 bits per heavy atom. The zero-order valence-electron chi connectivity index (χ0n) is 17.5. The molecule has 0 aliphatic heterocycles. The van der Waals surface area contributed by atoms with Crippen molar-refractivity contribution in [1.82, 2.24) is 20.3 Å². The molecular weight excluding hydrogens is 427 g/mol. The molecule has 0 amide bonds. The molecule has 6 heteroatoms. The number of H-pyrrole nitrogens is 1. The van der Waals surface area contributed by atoms with Crippen LogP contribution >= 0.6 is 23.2 Å². The second-order valence-corrected chi connectivity index (χ2v) is 8.96. The van der Waals surface area contributed by atoms with Crippen LogP contribution in [0.3, 0.4) is 0 Å². The number of hydrogen-bond donors (Lipinski definition) is 2. The number of nitrogens with zero attached hydrogens (tertiary/aromatic N) is 2. The number of aromatic amines is 1. The fourth-order valence-corrected chi connectivity index (χ4v) is 3.77. The van der Waals surface area contributed by atoms with Gasteiger partial charge in [0.05, 0.1) is 21.4 Å². The number of benzene rings is 2. The summed E-state index contributed by atoms with van der Waals surface area (Å²) >= 11 is 12.4. The van der Waals surface area contributed by atoms with E-state index in [1.54, 1.807) is 18.5 Å². The van der Waals surface area contributed by atoms with E-state index in [9.17, 15) is 0 Å². The molecule has 2 N–H and O–H groups in total. The van der Waals surface area contributed by atoms with Gasteiger partial charge in [-0.25, -0.2) is 4.98 Å². The maximum Gasteiger partial charge on any atom is 0.114 e. The Hall–Kier alpha value is -2.66. The van der Waals surface area contributed by atoms with Crippen molar-refractivity contribution < 1.29 is 0 Å². The van der Waals surface area contributed by atoms with E-state index in [4.69, 9.17) is 28.2 Å². The SMILES string of the molecule is CC(C)(CNCc1ccccc1)c1nc(-c2ccc(Cl)c(Cl)c2)c(-c2ccncc2)[nH]1. The molecule has 2 aromatic heterocycles. The lowest BCUT2D eigenvalue weighted by molar-refractivity contribution is 0.448. The van der Waals surface area contributed by atoms with Gasteiger partial charge in [0.25, 0.3) is 0 Å². The number of halogens is 2. The molecule has 0 aliphatic rings. The first-order valence-corrected chi connectivity index (χ1v) is 10.9. The normalized spacial score (nSPS) is 11.6. The second-order valence-electron chi connectivity index (χ2n) is 8.15. The molecule has 4 rings (SSSR count). The lowest BCUT2D eigenvalue weighted by atomic mass is 9.92. The van der Waals surface area contributed by atoms with Gasteiger partial charge in [0.2, 0.25) is 0 Å². The Balaban J connectivity index is 1.66. The van der Waals surface area contributed by atoms with Crippen molar-refractivity contribution in [3.05, 3.63) is 94.5 Å². The van der Waals surface area contributed by atoms with E-state index in [1.807, 2.05) is 30.3 Å². The highest BCUT2D eigenvalue weighted by molar-refractivity contribution is 6.42. The van der Waals surface area contributed by atoms with Gasteiger partial charge in [-0.1, -0.05) is 73.4 Å². The molecule has 0 aliphatic carbocycles. The molecule has 2 aromatic carbocycles. The monoisotopic (exact) mass is 450 g/mol. The molecule has 0 radical (unpaired) electrons. The van der Waals surface area contributed by atoms with E-state index >= 15 is 0 Å². The summed E-state index contributed by atoms with van der Waals surface area (Å²) in [6.45, 7) is 5.94. The van der Waals surface area contributed by atoms with Gasteiger partial charge in [-0.2, -0.15) is 0 Å². The van der Waals surface area contributed by atoms with Crippen molar-refractivity contribution in [3.63, 3.8) is 0 Å². The van der Waals surface area contributed by atoms with Gasteiger partial charge in [-0.15, -0.1) is 0 Å². The third kappa shape index (κ3) is 4.99. The Kier molecular flexibility index (Phi) is 6.42. The predicted molar refractivity (Wildman–Crippen MR) is 128 cm³/mol. The van der Waals surface area contributed by atoms with Gasteiger partial charge in [-0.05, 0) is 29.8 Å². The summed E-state index contributed by atoms with van der Waals surface area (Å²) in [7, 11) is 0. The van der Waals surface area contributed by atoms with E-state index in [0.29, 0.717) is 10.0 Å². The van der Waals surface area contributed by atoms with Crippen LogP contribution in [0.25, 0.3) is 22.5 Å². The second kappa shape index (κ2) is 9.23. The molecule has 4 nitrogen and oxygen atoms in total. The molecule has 158 valence electrons. The van der Waals surface area contributed by atoms with Gasteiger partial charge < -0.3 is 10.3 Å². The summed E-state index contributed by atoms with van der Waals surface area (Å²) < 4.78 is 0. The summed E-state index contributed by atoms with van der Waals surface area (Å²) in [5.41, 5.74) is 4.75. The van der Waals surface area contributed by atoms with Crippen molar-refractivity contribution in [2.45, 2.75) is 25.8 Å². The van der Waals surface area contributed by atoms with Gasteiger partial charge in [0.1, 0.15) is 5.82 Å². The van der Waals surface area contributed by atoms with Crippen LogP contribution in [0.4, 0.5) is 0 Å². The topological polar surface area (TPSA) is 53.6 Å². The van der Waals surface area contributed by atoms with Crippen LogP contribution < -0.4 is 5.32 Å². The average Bonchev–Trinajstić information content (AvgIpc) is 3.23. The Bertz CT molecular complexity index is 1150. The van der Waals surface area contributed by atoms with Gasteiger partial charge in [0, 0.05) is 42.0 Å². The predicted octanol–water partition coefficient (Wildman–Crippen LogP) is 6.51. The Labute approximate surface area is 192 Å². The number of pyridine rings is 1. The average molecular weight is 451 g/mol. The van der Waals surface area contributed by atoms with Crippen molar-refractivity contribution in [2.24, 2.45) is 0 Å². The standard InChI is InChI=1S/C25H24Cl2N4/c1-25(2,16-29-15-17-6-4-3-5-7-17)24-30-22(18-10-12-28-13-11-18)23(31-24)19-8-9-20(26)21(27)14-19/h3-14,29H,15-16H2,1-2H3,(H,30,31). The smallest absolute Gasteiger partial charge is 0.114 e. The molecule has 0 saturated carbocycles. The third-order valence-electron chi connectivity index (χ3n) is 5.25. The summed E-state index contributed by atoms with van der Waals surface area (Å²) in [5, 5.41) is 4.59. The molecule has 31 heavy (non-hydrogen) atoms. The highest BCUT2D eigenvalue weighted by Gasteiger charge is 2.27. The molecular formula is C25H24Cl2N4. The largest absolute Gasteiger partial charge is 0.341 e. The first-order chi connectivity index (χ1) is 14.9. The molecule has 0 spiro atoms. The van der Waals surface area contributed by atoms with Crippen LogP contribution in [0.1, 0.15) is 25.2 Å². The van der Waals surface area contributed by atoms with Crippen LogP contribution in [0.2, 0.25) is 10.0 Å². The van der Waals surface area contributed by atoms with Gasteiger partial charge in [0.15, 0.2) is 0 Å². The third-order valence-corrected chi connectivity index (χ3v) is 5.98. The molecule has 0 saturated heterocycles. The number of aromatic nitrogens is 3. The molecule has 0 bridgehead atoms. The van der Waals surface area contributed by atoms with Crippen LogP contribution in [-0.2, 0) is 12.0 Å². The molecule has 4 aromatic rings. The first-order valence-electron chi connectivity index (χ1n) is 10.1. The number of imidazole rings is 1. The Morgan fingerprint density at radius 3 is 2.35 bits per heavy atom. The van der Waals surface area contributed by atoms with Crippen molar-refractivity contribution in [1.29, 1.82) is 0 Å². The molecule has 0 atom stereocenters. The van der Waals surface area contributed by atoms with Crippen molar-refractivity contribution in [2.75, 3.05) is 6.54 Å². The van der Waals surface area contributed by atoms with Gasteiger partial charge >= 0.3 is 0 Å². The highest BCUT2D eigenvalue weighted by Crippen LogP contribution is 2.35. The Morgan fingerprint density at radius 2 is 1.65 bits per heavy atom. The minimum atomic E-state index is -0.217. The minimum absolute atomic E-state index is 0.217. The summed E-state index contributed by atoms with van der Waals surface area (Å²) in [5.74, 6) is 0.904. The number of rotatable bonds is 7. The number of hydrogen-bond acceptors (Lipinski definition) is 3. The fraction of sp³-hybridized carbons (Fsp3) is 0.200. The van der Waals surface area contributed by atoms with E-state index in [1.165, 1.54) is 5.56 Å². The van der Waals surface area contributed by atoms with E-state index in [0.717, 1.165) is 41.4 Å². The van der Waals surface area contributed by atoms with Crippen molar-refractivity contribution in [3.8, 4) is 22.5 Å². The van der Waals surface area contributed by atoms with E-state index < -0.39 is 0 Å². The maximum absolute atomic E-state index is 6.30. The maximum atomic E-state index is 6.30. The lowest BCUT2D eigenvalue weighted by Crippen LogP contribution is -2.33. The van der Waals surface area contributed by atoms with E-state index in [2.05, 4.69) is 53.4 Å². The molecule has 2 heterocycles. The summed E-state index contributed by atoms with van der Waals surface area (Å²) in [4.78, 5) is 12.7. The quantitative estimate of drug-likeness (QED) is 0.337. The van der Waals surface area contributed by atoms with Gasteiger partial charge in [-0.3, -0.25) is 4.98 Å². The van der Waals surface area contributed by atoms with Crippen molar-refractivity contribution >= 4 is 23.2 Å². The van der Waals surface area contributed by atoms with E-state index in [-0.39, 0.29) is 5.41 Å². The minimum Gasteiger partial charge on any atom is -0.341 e. The van der Waals surface area contributed by atoms with Crippen LogP contribution in [0.15, 0.2) is 73.1 Å². The van der Waals surface area contributed by atoms with Crippen LogP contribution in [0, 0.1) is 0 Å². The summed E-state index contributed by atoms with van der Waals surface area (Å²) in [6.07, 6.45) is 3.56. The summed E-state index contributed by atoms with van der Waals surface area (Å²) in [6, 6.07) is 19.9. The fourth-order valence-electron chi connectivity index (χ4n) is 3.47. The first kappa shape index (κ1) is 21.6. The highest BCUT2D eigenvalue weighted by atomic mass is 35.5. The lowest BCUT2D eigenvalue weighted by Gasteiger charge is -2.23.